The van der Waals surface area contributed by atoms with Gasteiger partial charge in [-0.25, -0.2) is 0 Å². The number of hydrogen-bond donors (Lipinski definition) is 1. The van der Waals surface area contributed by atoms with Gasteiger partial charge in [0.15, 0.2) is 0 Å². The van der Waals surface area contributed by atoms with Gasteiger partial charge in [0, 0.05) is 46.4 Å². The van der Waals surface area contributed by atoms with Crippen molar-refractivity contribution in [1.29, 1.82) is 0 Å². The zero-order chi connectivity index (χ0) is 15.2. The highest BCUT2D eigenvalue weighted by Gasteiger charge is 2.49. The van der Waals surface area contributed by atoms with E-state index in [9.17, 15) is 14.4 Å². The number of carbonyl (C=O) groups excluding carboxylic acids is 3. The van der Waals surface area contributed by atoms with Crippen LogP contribution in [0.5, 0.6) is 0 Å². The standard InChI is InChI=1S/C14H23N3O4/c1-21-8-2-3-15-13(19)11-9-12(11)14(20)17-6-4-16(10-18)5-7-17/h10-12H,2-9H2,1H3,(H,15,19). The molecule has 1 aliphatic carbocycles. The molecule has 0 bridgehead atoms. The molecule has 7 heteroatoms. The van der Waals surface area contributed by atoms with Crippen LogP contribution >= 0.6 is 0 Å². The molecule has 3 amide bonds. The Morgan fingerprint density at radius 1 is 1.24 bits per heavy atom. The molecule has 2 fully saturated rings. The average molecular weight is 297 g/mol. The van der Waals surface area contributed by atoms with Crippen LogP contribution < -0.4 is 5.32 Å². The van der Waals surface area contributed by atoms with Crippen molar-refractivity contribution in [3.8, 4) is 0 Å². The molecule has 0 radical (unpaired) electrons. The molecule has 1 aliphatic heterocycles. The molecular formula is C14H23N3O4. The van der Waals surface area contributed by atoms with Crippen LogP contribution in [0.25, 0.3) is 0 Å². The number of carbonyl (C=O) groups is 3. The average Bonchev–Trinajstić information content (AvgIpc) is 3.31. The summed E-state index contributed by atoms with van der Waals surface area (Å²) in [5.74, 6) is -0.326. The highest BCUT2D eigenvalue weighted by atomic mass is 16.5. The molecule has 1 heterocycles. The van der Waals surface area contributed by atoms with Crippen molar-refractivity contribution in [3.63, 3.8) is 0 Å². The highest BCUT2D eigenvalue weighted by molar-refractivity contribution is 5.92. The minimum Gasteiger partial charge on any atom is -0.385 e. The molecule has 0 spiro atoms. The maximum atomic E-state index is 12.3. The van der Waals surface area contributed by atoms with Gasteiger partial charge >= 0.3 is 0 Å². The molecule has 1 N–H and O–H groups in total. The SMILES string of the molecule is COCCCNC(=O)C1CC1C(=O)N1CCN(C=O)CC1. The summed E-state index contributed by atoms with van der Waals surface area (Å²) in [5.41, 5.74) is 0. The summed E-state index contributed by atoms with van der Waals surface area (Å²) in [6.45, 7) is 3.49. The van der Waals surface area contributed by atoms with E-state index in [1.54, 1.807) is 16.9 Å². The van der Waals surface area contributed by atoms with Crippen LogP contribution in [0, 0.1) is 11.8 Å². The Balaban J connectivity index is 1.69. The Hall–Kier alpha value is -1.63. The number of amides is 3. The van der Waals surface area contributed by atoms with Gasteiger partial charge in [0.05, 0.1) is 11.8 Å². The van der Waals surface area contributed by atoms with Crippen molar-refractivity contribution in [1.82, 2.24) is 15.1 Å². The van der Waals surface area contributed by atoms with E-state index in [1.807, 2.05) is 0 Å². The number of nitrogens with zero attached hydrogens (tertiary/aromatic N) is 2. The van der Waals surface area contributed by atoms with E-state index in [0.29, 0.717) is 45.8 Å². The van der Waals surface area contributed by atoms with E-state index in [2.05, 4.69) is 5.32 Å². The Bertz CT molecular complexity index is 394. The molecule has 2 atom stereocenters. The molecule has 1 saturated heterocycles. The van der Waals surface area contributed by atoms with Gasteiger partial charge in [0.1, 0.15) is 0 Å². The predicted molar refractivity (Wildman–Crippen MR) is 75.3 cm³/mol. The Morgan fingerprint density at radius 2 is 1.95 bits per heavy atom. The Kier molecular flexibility index (Phi) is 5.55. The van der Waals surface area contributed by atoms with E-state index >= 15 is 0 Å². The molecule has 2 aliphatic rings. The highest BCUT2D eigenvalue weighted by Crippen LogP contribution is 2.40. The van der Waals surface area contributed by atoms with Gasteiger partial charge in [-0.2, -0.15) is 0 Å². The van der Waals surface area contributed by atoms with Crippen molar-refractivity contribution < 1.29 is 19.1 Å². The van der Waals surface area contributed by atoms with Gasteiger partial charge in [-0.3, -0.25) is 14.4 Å². The fourth-order valence-electron chi connectivity index (χ4n) is 2.60. The molecule has 2 rings (SSSR count). The van der Waals surface area contributed by atoms with Crippen LogP contribution in [0.2, 0.25) is 0 Å². The lowest BCUT2D eigenvalue weighted by atomic mass is 10.2. The lowest BCUT2D eigenvalue weighted by molar-refractivity contribution is -0.137. The Labute approximate surface area is 124 Å². The first kappa shape index (κ1) is 15.8. The van der Waals surface area contributed by atoms with E-state index in [-0.39, 0.29) is 23.7 Å². The predicted octanol–water partition coefficient (Wildman–Crippen LogP) is -0.924. The summed E-state index contributed by atoms with van der Waals surface area (Å²) in [6, 6.07) is 0. The normalized spacial score (nSPS) is 24.6. The molecule has 21 heavy (non-hydrogen) atoms. The molecule has 0 aromatic carbocycles. The van der Waals surface area contributed by atoms with Crippen molar-refractivity contribution in [2.24, 2.45) is 11.8 Å². The van der Waals surface area contributed by atoms with Gasteiger partial charge in [0.25, 0.3) is 0 Å². The summed E-state index contributed by atoms with van der Waals surface area (Å²) >= 11 is 0. The molecule has 118 valence electrons. The number of hydrogen-bond acceptors (Lipinski definition) is 4. The van der Waals surface area contributed by atoms with Gasteiger partial charge < -0.3 is 19.9 Å². The first-order valence-electron chi connectivity index (χ1n) is 7.42. The van der Waals surface area contributed by atoms with Crippen molar-refractivity contribution in [3.05, 3.63) is 0 Å². The van der Waals surface area contributed by atoms with Crippen molar-refractivity contribution in [2.75, 3.05) is 46.4 Å². The fraction of sp³-hybridized carbons (Fsp3) is 0.786. The first-order valence-corrected chi connectivity index (χ1v) is 7.42. The third kappa shape index (κ3) is 4.17. The zero-order valence-electron chi connectivity index (χ0n) is 12.4. The fourth-order valence-corrected chi connectivity index (χ4v) is 2.60. The van der Waals surface area contributed by atoms with Crippen molar-refractivity contribution in [2.45, 2.75) is 12.8 Å². The quantitative estimate of drug-likeness (QED) is 0.487. The molecule has 0 aromatic heterocycles. The van der Waals surface area contributed by atoms with Crippen LogP contribution in [0.4, 0.5) is 0 Å². The lowest BCUT2D eigenvalue weighted by Gasteiger charge is -2.32. The van der Waals surface area contributed by atoms with Crippen LogP contribution in [0.1, 0.15) is 12.8 Å². The summed E-state index contributed by atoms with van der Waals surface area (Å²) in [6.07, 6.45) is 2.24. The smallest absolute Gasteiger partial charge is 0.226 e. The molecular weight excluding hydrogens is 274 g/mol. The van der Waals surface area contributed by atoms with Gasteiger partial charge in [-0.15, -0.1) is 0 Å². The summed E-state index contributed by atoms with van der Waals surface area (Å²) in [5, 5.41) is 2.84. The van der Waals surface area contributed by atoms with Crippen LogP contribution in [0.15, 0.2) is 0 Å². The molecule has 0 aromatic rings. The molecule has 1 saturated carbocycles. The summed E-state index contributed by atoms with van der Waals surface area (Å²) < 4.78 is 4.92. The molecule has 7 nitrogen and oxygen atoms in total. The van der Waals surface area contributed by atoms with Crippen LogP contribution in [-0.4, -0.2) is 74.5 Å². The lowest BCUT2D eigenvalue weighted by Crippen LogP contribution is -2.48. The van der Waals surface area contributed by atoms with Gasteiger partial charge in [-0.1, -0.05) is 0 Å². The maximum absolute atomic E-state index is 12.3. The summed E-state index contributed by atoms with van der Waals surface area (Å²) in [7, 11) is 1.63. The second kappa shape index (κ2) is 7.40. The van der Waals surface area contributed by atoms with Gasteiger partial charge in [0.2, 0.25) is 18.2 Å². The first-order chi connectivity index (χ1) is 10.2. The topological polar surface area (TPSA) is 79.0 Å². The van der Waals surface area contributed by atoms with E-state index in [4.69, 9.17) is 4.74 Å². The second-order valence-electron chi connectivity index (χ2n) is 5.55. The van der Waals surface area contributed by atoms with Crippen LogP contribution in [0.3, 0.4) is 0 Å². The molecule has 2 unspecified atom stereocenters. The second-order valence-corrected chi connectivity index (χ2v) is 5.55. The monoisotopic (exact) mass is 297 g/mol. The van der Waals surface area contributed by atoms with Crippen molar-refractivity contribution >= 4 is 18.2 Å². The largest absolute Gasteiger partial charge is 0.385 e. The maximum Gasteiger partial charge on any atom is 0.226 e. The number of ether oxygens (including phenoxy) is 1. The zero-order valence-corrected chi connectivity index (χ0v) is 12.4. The number of rotatable bonds is 7. The van der Waals surface area contributed by atoms with E-state index in [1.165, 1.54) is 0 Å². The number of methoxy groups -OCH3 is 1. The number of nitrogens with one attached hydrogen (secondary N) is 1. The van der Waals surface area contributed by atoms with Gasteiger partial charge in [-0.05, 0) is 12.8 Å². The number of piperazine rings is 1. The Morgan fingerprint density at radius 3 is 2.57 bits per heavy atom. The van der Waals surface area contributed by atoms with E-state index < -0.39 is 0 Å². The third-order valence-corrected chi connectivity index (χ3v) is 4.04. The minimum atomic E-state index is -0.177. The van der Waals surface area contributed by atoms with E-state index in [0.717, 1.165) is 12.8 Å². The third-order valence-electron chi connectivity index (χ3n) is 4.04. The van der Waals surface area contributed by atoms with Crippen LogP contribution in [-0.2, 0) is 19.1 Å². The summed E-state index contributed by atoms with van der Waals surface area (Å²) in [4.78, 5) is 38.2. The minimum absolute atomic E-state index is 0.0315.